The van der Waals surface area contributed by atoms with Gasteiger partial charge in [-0.25, -0.2) is 9.97 Å². The fraction of sp³-hybridized carbons (Fsp3) is 0.500. The summed E-state index contributed by atoms with van der Waals surface area (Å²) in [5.41, 5.74) is 6.17. The monoisotopic (exact) mass is 182 g/mol. The molecule has 13 heavy (non-hydrogen) atoms. The first-order valence-electron chi connectivity index (χ1n) is 4.06. The van der Waals surface area contributed by atoms with Gasteiger partial charge in [-0.05, 0) is 6.92 Å². The van der Waals surface area contributed by atoms with Crippen molar-refractivity contribution in [3.05, 3.63) is 12.5 Å². The lowest BCUT2D eigenvalue weighted by atomic mass is 10.3. The molecule has 0 aliphatic carbocycles. The fourth-order valence-corrected chi connectivity index (χ4v) is 1.14. The van der Waals surface area contributed by atoms with Crippen LogP contribution in [0, 0.1) is 0 Å². The van der Waals surface area contributed by atoms with Gasteiger partial charge in [0.05, 0.1) is 18.0 Å². The molecule has 0 bridgehead atoms. The second kappa shape index (κ2) is 4.04. The van der Waals surface area contributed by atoms with Crippen molar-refractivity contribution in [3.63, 3.8) is 0 Å². The van der Waals surface area contributed by atoms with Gasteiger partial charge in [0.2, 0.25) is 0 Å². The Hall–Kier alpha value is -1.36. The Morgan fingerprint density at radius 1 is 1.69 bits per heavy atom. The molecule has 1 rings (SSSR count). The molecule has 0 amide bonds. The van der Waals surface area contributed by atoms with Crippen LogP contribution in [0.3, 0.4) is 0 Å². The van der Waals surface area contributed by atoms with Crippen LogP contribution in [0.25, 0.3) is 0 Å². The molecule has 0 spiro atoms. The van der Waals surface area contributed by atoms with Crippen LogP contribution >= 0.6 is 0 Å². The van der Waals surface area contributed by atoms with Gasteiger partial charge < -0.3 is 15.7 Å². The second-order valence-electron chi connectivity index (χ2n) is 3.03. The van der Waals surface area contributed by atoms with Crippen molar-refractivity contribution in [2.45, 2.75) is 13.0 Å². The number of hydrogen-bond donors (Lipinski definition) is 2. The zero-order chi connectivity index (χ0) is 9.84. The molecule has 5 heteroatoms. The van der Waals surface area contributed by atoms with Crippen molar-refractivity contribution in [2.24, 2.45) is 0 Å². The maximum atomic E-state index is 9.15. The number of nitrogens with two attached hydrogens (primary N) is 1. The van der Waals surface area contributed by atoms with Crippen LogP contribution in [-0.4, -0.2) is 34.8 Å². The van der Waals surface area contributed by atoms with Gasteiger partial charge in [0.1, 0.15) is 6.33 Å². The summed E-state index contributed by atoms with van der Waals surface area (Å²) in [4.78, 5) is 9.58. The predicted octanol–water partition coefficient (Wildman–Crippen LogP) is -0.124. The molecule has 0 saturated carbocycles. The highest BCUT2D eigenvalue weighted by atomic mass is 16.3. The van der Waals surface area contributed by atoms with Crippen LogP contribution in [0.4, 0.5) is 11.5 Å². The van der Waals surface area contributed by atoms with Gasteiger partial charge in [-0.2, -0.15) is 0 Å². The maximum Gasteiger partial charge on any atom is 0.155 e. The predicted molar refractivity (Wildman–Crippen MR) is 51.4 cm³/mol. The molecule has 0 aliphatic rings. The highest BCUT2D eigenvalue weighted by molar-refractivity contribution is 5.60. The molecule has 0 radical (unpaired) electrons. The summed E-state index contributed by atoms with van der Waals surface area (Å²) >= 11 is 0. The normalized spacial score (nSPS) is 12.5. The summed E-state index contributed by atoms with van der Waals surface area (Å²) in [7, 11) is 1.82. The van der Waals surface area contributed by atoms with Crippen LogP contribution < -0.4 is 10.6 Å². The highest BCUT2D eigenvalue weighted by Crippen LogP contribution is 2.15. The van der Waals surface area contributed by atoms with Crippen LogP contribution in [0.15, 0.2) is 12.5 Å². The minimum absolute atomic E-state index is 0.403. The number of hydrogen-bond acceptors (Lipinski definition) is 5. The Labute approximate surface area is 77.2 Å². The molecular weight excluding hydrogens is 168 g/mol. The van der Waals surface area contributed by atoms with Gasteiger partial charge in [0.25, 0.3) is 0 Å². The highest BCUT2D eigenvalue weighted by Gasteiger charge is 2.08. The van der Waals surface area contributed by atoms with Crippen molar-refractivity contribution in [1.29, 1.82) is 0 Å². The van der Waals surface area contributed by atoms with Gasteiger partial charge in [0, 0.05) is 13.6 Å². The minimum Gasteiger partial charge on any atom is -0.394 e. The van der Waals surface area contributed by atoms with Crippen molar-refractivity contribution in [1.82, 2.24) is 9.97 Å². The van der Waals surface area contributed by atoms with E-state index in [1.807, 2.05) is 7.05 Å². The van der Waals surface area contributed by atoms with E-state index in [4.69, 9.17) is 10.8 Å². The standard InChI is InChI=1S/C8H14N4O/c1-6(13)4-12(2)8-7(9)3-10-5-11-8/h3,5-6,13H,4,9H2,1-2H3. The maximum absolute atomic E-state index is 9.15. The number of aliphatic hydroxyl groups excluding tert-OH is 1. The summed E-state index contributed by atoms with van der Waals surface area (Å²) in [6, 6.07) is 0. The van der Waals surface area contributed by atoms with Crippen molar-refractivity contribution in [3.8, 4) is 0 Å². The molecule has 0 aromatic carbocycles. The molecule has 5 nitrogen and oxygen atoms in total. The molecule has 1 unspecified atom stereocenters. The van der Waals surface area contributed by atoms with E-state index >= 15 is 0 Å². The van der Waals surface area contributed by atoms with E-state index in [1.165, 1.54) is 6.33 Å². The third-order valence-corrected chi connectivity index (χ3v) is 1.62. The topological polar surface area (TPSA) is 75.3 Å². The summed E-state index contributed by atoms with van der Waals surface area (Å²) in [5.74, 6) is 0.649. The zero-order valence-corrected chi connectivity index (χ0v) is 7.81. The first-order valence-corrected chi connectivity index (χ1v) is 4.06. The van der Waals surface area contributed by atoms with E-state index in [0.29, 0.717) is 18.1 Å². The molecule has 1 aromatic heterocycles. The number of anilines is 2. The second-order valence-corrected chi connectivity index (χ2v) is 3.03. The summed E-state index contributed by atoms with van der Waals surface area (Å²) in [6.07, 6.45) is 2.57. The average molecular weight is 182 g/mol. The zero-order valence-electron chi connectivity index (χ0n) is 7.81. The number of nitrogen functional groups attached to an aromatic ring is 1. The Morgan fingerprint density at radius 2 is 2.38 bits per heavy atom. The van der Waals surface area contributed by atoms with Gasteiger partial charge in [-0.1, -0.05) is 0 Å². The quantitative estimate of drug-likeness (QED) is 0.681. The number of aliphatic hydroxyl groups is 1. The van der Waals surface area contributed by atoms with Crippen molar-refractivity contribution >= 4 is 11.5 Å². The molecule has 3 N–H and O–H groups in total. The molecule has 0 saturated heterocycles. The SMILES string of the molecule is CC(O)CN(C)c1ncncc1N. The minimum atomic E-state index is -0.403. The molecule has 0 aliphatic heterocycles. The number of rotatable bonds is 3. The Bertz CT molecular complexity index is 277. The fourth-order valence-electron chi connectivity index (χ4n) is 1.14. The molecule has 1 aromatic rings. The van der Waals surface area contributed by atoms with Crippen LogP contribution in [0.2, 0.25) is 0 Å². The van der Waals surface area contributed by atoms with Crippen molar-refractivity contribution < 1.29 is 5.11 Å². The lowest BCUT2D eigenvalue weighted by molar-refractivity contribution is 0.201. The Balaban J connectivity index is 2.76. The Morgan fingerprint density at radius 3 is 2.92 bits per heavy atom. The van der Waals surface area contributed by atoms with E-state index in [0.717, 1.165) is 0 Å². The van der Waals surface area contributed by atoms with Gasteiger partial charge >= 0.3 is 0 Å². The van der Waals surface area contributed by atoms with Crippen LogP contribution in [0.5, 0.6) is 0 Å². The lowest BCUT2D eigenvalue weighted by Gasteiger charge is -2.20. The van der Waals surface area contributed by atoms with Crippen LogP contribution in [-0.2, 0) is 0 Å². The lowest BCUT2D eigenvalue weighted by Crippen LogP contribution is -2.28. The molecule has 72 valence electrons. The third-order valence-electron chi connectivity index (χ3n) is 1.62. The third kappa shape index (κ3) is 2.55. The Kier molecular flexibility index (Phi) is 3.02. The molecule has 1 atom stereocenters. The first kappa shape index (κ1) is 9.73. The van der Waals surface area contributed by atoms with E-state index in [9.17, 15) is 0 Å². The van der Waals surface area contributed by atoms with E-state index in [2.05, 4.69) is 9.97 Å². The summed E-state index contributed by atoms with van der Waals surface area (Å²) < 4.78 is 0. The van der Waals surface area contributed by atoms with E-state index in [-0.39, 0.29) is 0 Å². The molecular formula is C8H14N4O. The molecule has 0 fully saturated rings. The average Bonchev–Trinajstić information content (AvgIpc) is 2.03. The van der Waals surface area contributed by atoms with Gasteiger partial charge in [0.15, 0.2) is 5.82 Å². The van der Waals surface area contributed by atoms with Crippen molar-refractivity contribution in [2.75, 3.05) is 24.2 Å². The number of aromatic nitrogens is 2. The summed E-state index contributed by atoms with van der Waals surface area (Å²) in [5, 5.41) is 9.15. The van der Waals surface area contributed by atoms with Gasteiger partial charge in [-0.3, -0.25) is 0 Å². The van der Waals surface area contributed by atoms with Gasteiger partial charge in [-0.15, -0.1) is 0 Å². The number of likely N-dealkylation sites (N-methyl/N-ethyl adjacent to an activating group) is 1. The van der Waals surface area contributed by atoms with Crippen LogP contribution in [0.1, 0.15) is 6.92 Å². The number of nitrogens with zero attached hydrogens (tertiary/aromatic N) is 3. The smallest absolute Gasteiger partial charge is 0.155 e. The van der Waals surface area contributed by atoms with E-state index < -0.39 is 6.10 Å². The summed E-state index contributed by atoms with van der Waals surface area (Å²) in [6.45, 7) is 2.22. The van der Waals surface area contributed by atoms with E-state index in [1.54, 1.807) is 18.0 Å². The largest absolute Gasteiger partial charge is 0.394 e. The first-order chi connectivity index (χ1) is 6.11. The molecule has 1 heterocycles.